The first-order chi connectivity index (χ1) is 12.4. The lowest BCUT2D eigenvalue weighted by molar-refractivity contribution is -0.140. The number of hydrogen-bond acceptors (Lipinski definition) is 4. The van der Waals surface area contributed by atoms with Crippen molar-refractivity contribution in [1.82, 2.24) is 4.57 Å². The molecule has 0 spiro atoms. The monoisotopic (exact) mass is 378 g/mol. The molecule has 6 nitrogen and oxygen atoms in total. The van der Waals surface area contributed by atoms with Crippen LogP contribution in [0.1, 0.15) is 34.6 Å². The maximum absolute atomic E-state index is 12.2. The first-order valence-corrected chi connectivity index (χ1v) is 8.73. The quantitative estimate of drug-likeness (QED) is 0.690. The van der Waals surface area contributed by atoms with Crippen molar-refractivity contribution in [2.45, 2.75) is 32.7 Å². The van der Waals surface area contributed by atoms with Crippen LogP contribution in [0.3, 0.4) is 0 Å². The Hall–Kier alpha value is -2.31. The van der Waals surface area contributed by atoms with E-state index in [0.29, 0.717) is 35.5 Å². The van der Waals surface area contributed by atoms with Crippen LogP contribution in [-0.2, 0) is 22.5 Å². The average molecular weight is 379 g/mol. The number of nitrogens with two attached hydrogens (primary N) is 1. The molecule has 0 radical (unpaired) electrons. The number of aliphatic hydroxyl groups is 1. The zero-order chi connectivity index (χ0) is 19.3. The summed E-state index contributed by atoms with van der Waals surface area (Å²) in [6.07, 6.45) is 1.10. The number of carbonyl (C=O) groups excluding carboxylic acids is 2. The van der Waals surface area contributed by atoms with Gasteiger partial charge in [-0.15, -0.1) is 0 Å². The Kier molecular flexibility index (Phi) is 6.83. The molecular weight excluding hydrogens is 356 g/mol. The molecule has 0 aliphatic heterocycles. The van der Waals surface area contributed by atoms with E-state index in [4.69, 9.17) is 22.1 Å². The summed E-state index contributed by atoms with van der Waals surface area (Å²) in [5.74, 6) is -0.866. The van der Waals surface area contributed by atoms with Crippen molar-refractivity contribution < 1.29 is 19.4 Å². The lowest BCUT2D eigenvalue weighted by Gasteiger charge is -2.12. The van der Waals surface area contributed by atoms with Gasteiger partial charge in [-0.3, -0.25) is 9.59 Å². The highest BCUT2D eigenvalue weighted by Gasteiger charge is 2.25. The number of halogens is 1. The summed E-state index contributed by atoms with van der Waals surface area (Å²) >= 11 is 5.98. The molecule has 0 saturated heterocycles. The van der Waals surface area contributed by atoms with Crippen LogP contribution in [0.5, 0.6) is 0 Å². The number of aromatic nitrogens is 1. The van der Waals surface area contributed by atoms with E-state index in [-0.39, 0.29) is 19.0 Å². The van der Waals surface area contributed by atoms with E-state index in [9.17, 15) is 14.7 Å². The summed E-state index contributed by atoms with van der Waals surface area (Å²) in [5, 5.41) is 9.79. The molecule has 0 bridgehead atoms. The van der Waals surface area contributed by atoms with Gasteiger partial charge in [-0.2, -0.15) is 0 Å². The highest BCUT2D eigenvalue weighted by molar-refractivity contribution is 6.30. The van der Waals surface area contributed by atoms with Crippen LogP contribution in [0.25, 0.3) is 11.1 Å². The number of nitrogens with zero attached hydrogens (tertiary/aromatic N) is 1. The molecule has 0 aliphatic carbocycles. The molecule has 140 valence electrons. The third-order valence-electron chi connectivity index (χ3n) is 4.34. The van der Waals surface area contributed by atoms with Gasteiger partial charge in [0.2, 0.25) is 0 Å². The molecular formula is C19H23ClN2O4. The molecule has 0 unspecified atom stereocenters. The molecule has 0 atom stereocenters. The number of aliphatic hydroxyl groups excluding tert-OH is 1. The Morgan fingerprint density at radius 2 is 1.92 bits per heavy atom. The third-order valence-corrected chi connectivity index (χ3v) is 4.60. The normalized spacial score (nSPS) is 10.8. The van der Waals surface area contributed by atoms with Crippen molar-refractivity contribution >= 4 is 23.5 Å². The summed E-state index contributed by atoms with van der Waals surface area (Å²) < 4.78 is 6.69. The van der Waals surface area contributed by atoms with Crippen LogP contribution in [0, 0.1) is 6.92 Å². The summed E-state index contributed by atoms with van der Waals surface area (Å²) in [5.41, 5.74) is 9.12. The smallest absolute Gasteiger partial charge is 0.305 e. The van der Waals surface area contributed by atoms with Gasteiger partial charge in [0.1, 0.15) is 0 Å². The van der Waals surface area contributed by atoms with E-state index in [0.717, 1.165) is 17.0 Å². The largest absolute Gasteiger partial charge is 0.469 e. The lowest BCUT2D eigenvalue weighted by Crippen LogP contribution is -2.13. The molecule has 2 aromatic rings. The second-order valence-electron chi connectivity index (χ2n) is 5.96. The van der Waals surface area contributed by atoms with E-state index in [1.807, 2.05) is 23.6 Å². The average Bonchev–Trinajstić information content (AvgIpc) is 2.90. The number of carbonyl (C=O) groups is 2. The molecule has 1 heterocycles. The second-order valence-corrected chi connectivity index (χ2v) is 6.39. The third kappa shape index (κ3) is 4.26. The van der Waals surface area contributed by atoms with Crippen LogP contribution in [-0.4, -0.2) is 35.3 Å². The summed E-state index contributed by atoms with van der Waals surface area (Å²) in [4.78, 5) is 23.8. The van der Waals surface area contributed by atoms with Crippen molar-refractivity contribution in [3.8, 4) is 11.1 Å². The highest BCUT2D eigenvalue weighted by atomic mass is 35.5. The predicted molar refractivity (Wildman–Crippen MR) is 100 cm³/mol. The maximum atomic E-state index is 12.2. The van der Waals surface area contributed by atoms with Crippen molar-refractivity contribution in [2.75, 3.05) is 13.7 Å². The van der Waals surface area contributed by atoms with Crippen molar-refractivity contribution in [3.63, 3.8) is 0 Å². The number of primary amides is 1. The van der Waals surface area contributed by atoms with Gasteiger partial charge in [0, 0.05) is 35.1 Å². The van der Waals surface area contributed by atoms with E-state index >= 15 is 0 Å². The minimum Gasteiger partial charge on any atom is -0.469 e. The number of benzene rings is 1. The molecule has 1 aromatic heterocycles. The minimum atomic E-state index is -0.533. The summed E-state index contributed by atoms with van der Waals surface area (Å²) in [6.45, 7) is 2.36. The number of hydrogen-bond donors (Lipinski definition) is 2. The molecule has 7 heteroatoms. The van der Waals surface area contributed by atoms with Crippen LogP contribution >= 0.6 is 11.6 Å². The van der Waals surface area contributed by atoms with Gasteiger partial charge in [-0.1, -0.05) is 23.7 Å². The van der Waals surface area contributed by atoms with Crippen molar-refractivity contribution in [1.29, 1.82) is 0 Å². The second kappa shape index (κ2) is 8.87. The molecule has 3 N–H and O–H groups in total. The zero-order valence-corrected chi connectivity index (χ0v) is 15.7. The fourth-order valence-corrected chi connectivity index (χ4v) is 3.27. The zero-order valence-electron chi connectivity index (χ0n) is 14.9. The SMILES string of the molecule is COC(=O)CCc1c(-c2ccc(Cl)cc2)c(C(N)=O)c(C)n1CCCO. The number of esters is 1. The van der Waals surface area contributed by atoms with Gasteiger partial charge in [0.05, 0.1) is 19.1 Å². The molecule has 0 saturated carbocycles. The Balaban J connectivity index is 2.65. The lowest BCUT2D eigenvalue weighted by atomic mass is 9.98. The van der Waals surface area contributed by atoms with Crippen LogP contribution in [0.4, 0.5) is 0 Å². The van der Waals surface area contributed by atoms with Crippen LogP contribution in [0.2, 0.25) is 5.02 Å². The van der Waals surface area contributed by atoms with Crippen molar-refractivity contribution in [3.05, 3.63) is 46.2 Å². The van der Waals surface area contributed by atoms with E-state index in [1.54, 1.807) is 12.1 Å². The van der Waals surface area contributed by atoms with Gasteiger partial charge in [0.15, 0.2) is 0 Å². The molecule has 0 aliphatic rings. The van der Waals surface area contributed by atoms with Gasteiger partial charge in [-0.25, -0.2) is 0 Å². The standard InChI is InChI=1S/C19H23ClN2O4/c1-12-17(19(21)25)18(13-4-6-14(20)7-5-13)15(8-9-16(24)26-2)22(12)10-3-11-23/h4-7,23H,3,8-11H2,1-2H3,(H2,21,25). The summed E-state index contributed by atoms with van der Waals surface area (Å²) in [6, 6.07) is 7.13. The Bertz CT molecular complexity index is 797. The first-order valence-electron chi connectivity index (χ1n) is 8.36. The number of amides is 1. The van der Waals surface area contributed by atoms with E-state index in [1.165, 1.54) is 7.11 Å². The van der Waals surface area contributed by atoms with Crippen molar-refractivity contribution in [2.24, 2.45) is 5.73 Å². The van der Waals surface area contributed by atoms with Gasteiger partial charge in [0.25, 0.3) is 5.91 Å². The molecule has 0 fully saturated rings. The Labute approximate surface area is 157 Å². The molecule has 26 heavy (non-hydrogen) atoms. The first kappa shape index (κ1) is 20.0. The van der Waals surface area contributed by atoms with Gasteiger partial charge in [-0.05, 0) is 37.5 Å². The molecule has 1 aromatic carbocycles. The predicted octanol–water partition coefficient (Wildman–Crippen LogP) is 2.70. The minimum absolute atomic E-state index is 0.0241. The number of rotatable bonds is 8. The Morgan fingerprint density at radius 3 is 2.46 bits per heavy atom. The van der Waals surface area contributed by atoms with E-state index in [2.05, 4.69) is 0 Å². The van der Waals surface area contributed by atoms with Crippen LogP contribution < -0.4 is 5.73 Å². The van der Waals surface area contributed by atoms with E-state index < -0.39 is 5.91 Å². The molecule has 2 rings (SSSR count). The molecule has 1 amide bonds. The fourth-order valence-electron chi connectivity index (χ4n) is 3.14. The van der Waals surface area contributed by atoms with Crippen LogP contribution in [0.15, 0.2) is 24.3 Å². The Morgan fingerprint density at radius 1 is 1.27 bits per heavy atom. The topological polar surface area (TPSA) is 94.5 Å². The summed E-state index contributed by atoms with van der Waals surface area (Å²) in [7, 11) is 1.34. The number of methoxy groups -OCH3 is 1. The fraction of sp³-hybridized carbons (Fsp3) is 0.368. The maximum Gasteiger partial charge on any atom is 0.305 e. The number of ether oxygens (including phenoxy) is 1. The van der Waals surface area contributed by atoms with Gasteiger partial charge >= 0.3 is 5.97 Å². The van der Waals surface area contributed by atoms with Gasteiger partial charge < -0.3 is 20.1 Å². The highest BCUT2D eigenvalue weighted by Crippen LogP contribution is 2.34.